The number of fused-ring (bicyclic) bond motifs is 1. The maximum Gasteiger partial charge on any atom is 0.231 e. The fourth-order valence-electron chi connectivity index (χ4n) is 3.00. The van der Waals surface area contributed by atoms with E-state index in [2.05, 4.69) is 20.5 Å². The lowest BCUT2D eigenvalue weighted by atomic mass is 9.99. The van der Waals surface area contributed by atoms with Crippen molar-refractivity contribution in [2.75, 3.05) is 11.1 Å². The van der Waals surface area contributed by atoms with E-state index in [4.69, 9.17) is 0 Å². The van der Waals surface area contributed by atoms with E-state index >= 15 is 0 Å². The monoisotopic (exact) mass is 379 g/mol. The zero-order valence-electron chi connectivity index (χ0n) is 14.8. The van der Waals surface area contributed by atoms with Crippen molar-refractivity contribution in [2.24, 2.45) is 7.05 Å². The van der Waals surface area contributed by atoms with Crippen LogP contribution in [0, 0.1) is 0 Å². The Labute approximate surface area is 160 Å². The second-order valence-electron chi connectivity index (χ2n) is 6.33. The average Bonchev–Trinajstić information content (AvgIpc) is 3.20. The van der Waals surface area contributed by atoms with E-state index in [1.807, 2.05) is 30.7 Å². The smallest absolute Gasteiger partial charge is 0.231 e. The summed E-state index contributed by atoms with van der Waals surface area (Å²) in [5.41, 5.74) is 3.17. The van der Waals surface area contributed by atoms with Crippen molar-refractivity contribution in [1.29, 1.82) is 0 Å². The number of hydrogen-bond acceptors (Lipinski definition) is 6. The van der Waals surface area contributed by atoms with Crippen molar-refractivity contribution in [2.45, 2.75) is 18.0 Å². The molecule has 1 N–H and O–H groups in total. The number of hydrogen-bond donors (Lipinski definition) is 1. The molecule has 0 fully saturated rings. The van der Waals surface area contributed by atoms with Gasteiger partial charge in [0, 0.05) is 36.3 Å². The number of Topliss-reactive ketones (excluding diaryl/α,β-unsaturated/α-hetero) is 1. The van der Waals surface area contributed by atoms with E-state index in [0.717, 1.165) is 22.6 Å². The van der Waals surface area contributed by atoms with Gasteiger partial charge in [-0.05, 0) is 42.8 Å². The number of benzene rings is 1. The summed E-state index contributed by atoms with van der Waals surface area (Å²) in [6.07, 6.45) is 3.41. The molecule has 8 heteroatoms. The van der Waals surface area contributed by atoms with Gasteiger partial charge < -0.3 is 9.88 Å². The lowest BCUT2D eigenvalue weighted by Crippen LogP contribution is -2.08. The lowest BCUT2D eigenvalue weighted by molar-refractivity contribution is -0.116. The Hall–Kier alpha value is -3.00. The van der Waals surface area contributed by atoms with E-state index in [9.17, 15) is 9.59 Å². The fourth-order valence-corrected chi connectivity index (χ4v) is 3.80. The molecule has 3 aromatic rings. The highest BCUT2D eigenvalue weighted by Gasteiger charge is 2.27. The van der Waals surface area contributed by atoms with Gasteiger partial charge in [0.2, 0.25) is 5.91 Å². The Bertz CT molecular complexity index is 1030. The molecule has 3 heterocycles. The molecule has 136 valence electrons. The van der Waals surface area contributed by atoms with Crippen molar-refractivity contribution in [3.05, 3.63) is 53.9 Å². The zero-order valence-corrected chi connectivity index (χ0v) is 15.7. The van der Waals surface area contributed by atoms with E-state index < -0.39 is 0 Å². The normalized spacial score (nSPS) is 15.5. The van der Waals surface area contributed by atoms with Crippen LogP contribution in [-0.4, -0.2) is 37.2 Å². The van der Waals surface area contributed by atoms with Crippen LogP contribution in [0.25, 0.3) is 11.4 Å². The van der Waals surface area contributed by atoms with Gasteiger partial charge in [-0.25, -0.2) is 0 Å². The Kier molecular flexibility index (Phi) is 4.49. The van der Waals surface area contributed by atoms with Gasteiger partial charge in [-0.2, -0.15) is 0 Å². The highest BCUT2D eigenvalue weighted by atomic mass is 32.2. The highest BCUT2D eigenvalue weighted by molar-refractivity contribution is 7.99. The minimum atomic E-state index is -0.234. The summed E-state index contributed by atoms with van der Waals surface area (Å²) in [5, 5.41) is 11.9. The average molecular weight is 379 g/mol. The molecule has 0 bridgehead atoms. The summed E-state index contributed by atoms with van der Waals surface area (Å²) in [6, 6.07) is 9.08. The molecule has 1 unspecified atom stereocenters. The number of nitrogens with one attached hydrogen (secondary N) is 1. The molecule has 0 saturated carbocycles. The lowest BCUT2D eigenvalue weighted by Gasteiger charge is -2.06. The second kappa shape index (κ2) is 6.96. The number of pyridine rings is 1. The van der Waals surface area contributed by atoms with E-state index in [0.29, 0.717) is 10.7 Å². The molecular formula is C19H17N5O2S. The van der Waals surface area contributed by atoms with E-state index in [1.165, 1.54) is 11.8 Å². The quantitative estimate of drug-likeness (QED) is 0.542. The fraction of sp³-hybridized carbons (Fsp3) is 0.211. The van der Waals surface area contributed by atoms with Gasteiger partial charge in [0.1, 0.15) is 0 Å². The summed E-state index contributed by atoms with van der Waals surface area (Å²) in [4.78, 5) is 28.4. The zero-order chi connectivity index (χ0) is 19.0. The number of amides is 1. The Morgan fingerprint density at radius 1 is 1.22 bits per heavy atom. The molecule has 7 nitrogen and oxygen atoms in total. The molecule has 1 aliphatic heterocycles. The Morgan fingerprint density at radius 3 is 2.78 bits per heavy atom. The number of aromatic nitrogens is 4. The van der Waals surface area contributed by atoms with Gasteiger partial charge in [-0.3, -0.25) is 14.6 Å². The number of carbonyl (C=O) groups excluding carboxylic acids is 2. The first kappa shape index (κ1) is 17.4. The van der Waals surface area contributed by atoms with Crippen LogP contribution in [-0.2, 0) is 11.8 Å². The predicted molar refractivity (Wildman–Crippen MR) is 103 cm³/mol. The Balaban J connectivity index is 1.48. The molecule has 1 aromatic carbocycles. The number of rotatable bonds is 5. The molecule has 27 heavy (non-hydrogen) atoms. The maximum atomic E-state index is 12.6. The van der Waals surface area contributed by atoms with Gasteiger partial charge in [0.25, 0.3) is 0 Å². The summed E-state index contributed by atoms with van der Waals surface area (Å²) >= 11 is 1.34. The molecule has 0 radical (unpaired) electrons. The third kappa shape index (κ3) is 3.23. The van der Waals surface area contributed by atoms with Crippen LogP contribution < -0.4 is 5.32 Å². The molecular weight excluding hydrogens is 362 g/mol. The molecule has 4 rings (SSSR count). The maximum absolute atomic E-state index is 12.6. The van der Waals surface area contributed by atoms with Gasteiger partial charge >= 0.3 is 0 Å². The molecule has 1 amide bonds. The molecule has 1 aliphatic rings. The molecule has 0 spiro atoms. The molecule has 2 aromatic heterocycles. The van der Waals surface area contributed by atoms with Crippen LogP contribution in [0.15, 0.2) is 47.9 Å². The van der Waals surface area contributed by atoms with Crippen molar-refractivity contribution in [1.82, 2.24) is 19.7 Å². The number of anilines is 1. The minimum Gasteiger partial charge on any atom is -0.325 e. The van der Waals surface area contributed by atoms with Gasteiger partial charge in [-0.15, -0.1) is 10.2 Å². The van der Waals surface area contributed by atoms with Gasteiger partial charge in [0.15, 0.2) is 16.8 Å². The van der Waals surface area contributed by atoms with Crippen LogP contribution in [0.1, 0.15) is 28.8 Å². The van der Waals surface area contributed by atoms with E-state index in [-0.39, 0.29) is 23.4 Å². The molecule has 1 atom stereocenters. The van der Waals surface area contributed by atoms with Crippen molar-refractivity contribution < 1.29 is 9.59 Å². The van der Waals surface area contributed by atoms with Crippen LogP contribution in [0.5, 0.6) is 0 Å². The van der Waals surface area contributed by atoms with Gasteiger partial charge in [-0.1, -0.05) is 11.8 Å². The standard InChI is InChI=1S/C19H17N5O2S/c1-11-14-9-13(3-4-15(14)21-18(11)26)16(25)10-27-19-23-22-17(24(19)2)12-5-7-20-8-6-12/h3-9,11H,10H2,1-2H3,(H,21,26). The SMILES string of the molecule is CC1C(=O)Nc2ccc(C(=O)CSc3nnc(-c4ccncc4)n3C)cc21. The first-order valence-electron chi connectivity index (χ1n) is 8.45. The van der Waals surface area contributed by atoms with Gasteiger partial charge in [0.05, 0.1) is 11.7 Å². The van der Waals surface area contributed by atoms with Crippen LogP contribution in [0.4, 0.5) is 5.69 Å². The van der Waals surface area contributed by atoms with Crippen molar-refractivity contribution >= 4 is 29.1 Å². The largest absolute Gasteiger partial charge is 0.325 e. The topological polar surface area (TPSA) is 89.8 Å². The summed E-state index contributed by atoms with van der Waals surface area (Å²) in [6.45, 7) is 1.84. The summed E-state index contributed by atoms with van der Waals surface area (Å²) in [7, 11) is 1.87. The summed E-state index contributed by atoms with van der Waals surface area (Å²) in [5.74, 6) is 0.691. The first-order valence-corrected chi connectivity index (χ1v) is 9.43. The third-order valence-electron chi connectivity index (χ3n) is 4.60. The molecule has 0 saturated heterocycles. The minimum absolute atomic E-state index is 0.0113. The van der Waals surface area contributed by atoms with Crippen molar-refractivity contribution in [3.63, 3.8) is 0 Å². The number of nitrogens with zero attached hydrogens (tertiary/aromatic N) is 4. The van der Waals surface area contributed by atoms with Crippen LogP contribution in [0.3, 0.4) is 0 Å². The number of carbonyl (C=O) groups is 2. The Morgan fingerprint density at radius 2 is 2.00 bits per heavy atom. The number of ketones is 1. The highest BCUT2D eigenvalue weighted by Crippen LogP contribution is 2.33. The van der Waals surface area contributed by atoms with E-state index in [1.54, 1.807) is 30.6 Å². The van der Waals surface area contributed by atoms with Crippen molar-refractivity contribution in [3.8, 4) is 11.4 Å². The van der Waals surface area contributed by atoms with Crippen LogP contribution in [0.2, 0.25) is 0 Å². The predicted octanol–water partition coefficient (Wildman–Crippen LogP) is 2.91. The number of thioether (sulfide) groups is 1. The van der Waals surface area contributed by atoms with Crippen LogP contribution >= 0.6 is 11.8 Å². The molecule has 0 aliphatic carbocycles. The summed E-state index contributed by atoms with van der Waals surface area (Å²) < 4.78 is 1.86. The first-order chi connectivity index (χ1) is 13.0. The second-order valence-corrected chi connectivity index (χ2v) is 7.27. The third-order valence-corrected chi connectivity index (χ3v) is 5.62.